The first-order valence-corrected chi connectivity index (χ1v) is 15.7. The van der Waals surface area contributed by atoms with Crippen LogP contribution in [0.1, 0.15) is 48.0 Å². The molecule has 0 spiro atoms. The van der Waals surface area contributed by atoms with Gasteiger partial charge >= 0.3 is 0 Å². The van der Waals surface area contributed by atoms with Crippen molar-refractivity contribution in [3.8, 4) is 0 Å². The lowest BCUT2D eigenvalue weighted by Gasteiger charge is -2.41. The van der Waals surface area contributed by atoms with Crippen molar-refractivity contribution in [2.75, 3.05) is 0 Å². The minimum atomic E-state index is -1.80. The predicted molar refractivity (Wildman–Crippen MR) is 120 cm³/mol. The molecule has 0 fully saturated rings. The molecule has 0 aromatic rings. The van der Waals surface area contributed by atoms with E-state index in [1.807, 2.05) is 0 Å². The molecule has 0 saturated heterocycles. The summed E-state index contributed by atoms with van der Waals surface area (Å²) in [5, 5.41) is 0.215. The summed E-state index contributed by atoms with van der Waals surface area (Å²) in [6.07, 6.45) is 6.52. The number of allylic oxidation sites excluding steroid dienone is 2. The van der Waals surface area contributed by atoms with Gasteiger partial charge in [0.2, 0.25) is 0 Å². The molecule has 0 aromatic carbocycles. The fourth-order valence-corrected chi connectivity index (χ4v) is 5.33. The van der Waals surface area contributed by atoms with Crippen molar-refractivity contribution in [1.29, 1.82) is 0 Å². The summed E-state index contributed by atoms with van der Waals surface area (Å²) in [5.41, 5.74) is 1.48. The summed E-state index contributed by atoms with van der Waals surface area (Å²) in [7, 11) is -2.92. The second kappa shape index (κ2) is 8.07. The normalized spacial score (nSPS) is 19.3. The van der Waals surface area contributed by atoms with E-state index in [0.717, 1.165) is 12.5 Å². The van der Waals surface area contributed by atoms with E-state index in [1.165, 1.54) is 9.15 Å². The predicted octanol–water partition coefficient (Wildman–Crippen LogP) is 6.60. The van der Waals surface area contributed by atoms with Gasteiger partial charge in [0.25, 0.3) is 0 Å². The largest absolute Gasteiger partial charge is 0.413 e. The molecule has 0 bridgehead atoms. The van der Waals surface area contributed by atoms with Gasteiger partial charge in [-0.2, -0.15) is 0 Å². The molecule has 0 aliphatic heterocycles. The highest BCUT2D eigenvalue weighted by Gasteiger charge is 2.41. The van der Waals surface area contributed by atoms with Crippen molar-refractivity contribution in [2.24, 2.45) is 5.41 Å². The molecule has 0 N–H and O–H groups in total. The molecule has 2 nitrogen and oxygen atoms in total. The van der Waals surface area contributed by atoms with Gasteiger partial charge in [-0.3, -0.25) is 0 Å². The molecule has 139 valence electrons. The van der Waals surface area contributed by atoms with Crippen molar-refractivity contribution in [3.63, 3.8) is 0 Å². The molecular formula is C19H36IO2Si2. The van der Waals surface area contributed by atoms with E-state index in [4.69, 9.17) is 8.85 Å². The highest BCUT2D eigenvalue weighted by atomic mass is 127. The fraction of sp³-hybridized carbons (Fsp3) is 0.737. The first-order chi connectivity index (χ1) is 10.6. The lowest BCUT2D eigenvalue weighted by molar-refractivity contribution is 0.113. The second-order valence-electron chi connectivity index (χ2n) is 9.64. The van der Waals surface area contributed by atoms with E-state index in [9.17, 15) is 0 Å². The summed E-state index contributed by atoms with van der Waals surface area (Å²) in [6.45, 7) is 22.8. The van der Waals surface area contributed by atoms with Crippen molar-refractivity contribution in [2.45, 2.75) is 85.3 Å². The van der Waals surface area contributed by atoms with Gasteiger partial charge in [-0.05, 0) is 77.0 Å². The molecular weight excluding hydrogens is 443 g/mol. The van der Waals surface area contributed by atoms with Crippen LogP contribution in [0.25, 0.3) is 0 Å². The Morgan fingerprint density at radius 3 is 2.04 bits per heavy atom. The van der Waals surface area contributed by atoms with Crippen molar-refractivity contribution in [3.05, 3.63) is 27.4 Å². The third-order valence-corrected chi connectivity index (χ3v) is 11.0. The highest BCUT2D eigenvalue weighted by Crippen LogP contribution is 2.43. The summed E-state index contributed by atoms with van der Waals surface area (Å²) >= 11 is 2.45. The SMILES string of the molecule is C[SiH](C)OC(C1=C(I)C=C[C](O[Si](C)(C)C(C)(C)C)C1)C(C)(C)C. The van der Waals surface area contributed by atoms with Crippen molar-refractivity contribution in [1.82, 2.24) is 0 Å². The van der Waals surface area contributed by atoms with Crippen molar-refractivity contribution >= 4 is 39.9 Å². The molecule has 1 aliphatic rings. The van der Waals surface area contributed by atoms with Crippen LogP contribution in [0.2, 0.25) is 31.2 Å². The Bertz CT molecular complexity index is 496. The van der Waals surface area contributed by atoms with Crippen molar-refractivity contribution < 1.29 is 8.85 Å². The van der Waals surface area contributed by atoms with E-state index < -0.39 is 17.4 Å². The molecule has 0 heterocycles. The van der Waals surface area contributed by atoms with Gasteiger partial charge < -0.3 is 8.85 Å². The third kappa shape index (κ3) is 6.07. The Labute approximate surface area is 166 Å². The van der Waals surface area contributed by atoms with E-state index in [0.29, 0.717) is 0 Å². The van der Waals surface area contributed by atoms with E-state index in [-0.39, 0.29) is 16.6 Å². The quantitative estimate of drug-likeness (QED) is 0.327. The monoisotopic (exact) mass is 479 g/mol. The van der Waals surface area contributed by atoms with Gasteiger partial charge in [-0.15, -0.1) is 0 Å². The van der Waals surface area contributed by atoms with Gasteiger partial charge in [-0.25, -0.2) is 0 Å². The van der Waals surface area contributed by atoms with Crippen LogP contribution in [0.3, 0.4) is 0 Å². The maximum Gasteiger partial charge on any atom is 0.193 e. The van der Waals surface area contributed by atoms with Gasteiger partial charge in [0, 0.05) is 10.0 Å². The van der Waals surface area contributed by atoms with Crippen LogP contribution in [0.4, 0.5) is 0 Å². The molecule has 1 aliphatic carbocycles. The summed E-state index contributed by atoms with van der Waals surface area (Å²) < 4.78 is 14.3. The average Bonchev–Trinajstić information content (AvgIpc) is 2.35. The minimum Gasteiger partial charge on any atom is -0.413 e. The minimum absolute atomic E-state index is 0.0935. The zero-order valence-corrected chi connectivity index (χ0v) is 21.5. The molecule has 0 saturated carbocycles. The first kappa shape index (κ1) is 22.6. The highest BCUT2D eigenvalue weighted by molar-refractivity contribution is 14.1. The number of hydrogen-bond acceptors (Lipinski definition) is 2. The van der Waals surface area contributed by atoms with Crippen LogP contribution in [-0.4, -0.2) is 23.5 Å². The van der Waals surface area contributed by atoms with Crippen LogP contribution in [0.15, 0.2) is 21.3 Å². The van der Waals surface area contributed by atoms with E-state index >= 15 is 0 Å². The Morgan fingerprint density at radius 2 is 1.62 bits per heavy atom. The van der Waals surface area contributed by atoms with E-state index in [1.54, 1.807) is 0 Å². The van der Waals surface area contributed by atoms with Gasteiger partial charge in [0.05, 0.1) is 6.10 Å². The smallest absolute Gasteiger partial charge is 0.193 e. The fourth-order valence-electron chi connectivity index (χ4n) is 2.45. The second-order valence-corrected chi connectivity index (χ2v) is 17.9. The van der Waals surface area contributed by atoms with Crippen LogP contribution in [0, 0.1) is 11.5 Å². The average molecular weight is 480 g/mol. The number of halogens is 1. The summed E-state index contributed by atoms with van der Waals surface area (Å²) in [5.74, 6) is 0. The van der Waals surface area contributed by atoms with Crippen LogP contribution < -0.4 is 0 Å². The third-order valence-electron chi connectivity index (χ3n) is 4.79. The number of rotatable bonds is 5. The zero-order valence-electron chi connectivity index (χ0n) is 17.2. The lowest BCUT2D eigenvalue weighted by Crippen LogP contribution is -2.42. The maximum atomic E-state index is 6.58. The Balaban J connectivity index is 3.03. The molecule has 0 aromatic heterocycles. The maximum absolute atomic E-state index is 6.58. The Morgan fingerprint density at radius 1 is 1.08 bits per heavy atom. The Hall–Kier alpha value is 0.564. The molecule has 24 heavy (non-hydrogen) atoms. The van der Waals surface area contributed by atoms with Crippen LogP contribution in [0.5, 0.6) is 0 Å². The van der Waals surface area contributed by atoms with Gasteiger partial charge in [0.15, 0.2) is 17.4 Å². The zero-order chi connectivity index (χ0) is 18.9. The molecule has 1 atom stereocenters. The summed E-state index contributed by atoms with van der Waals surface area (Å²) in [4.78, 5) is 0. The van der Waals surface area contributed by atoms with Crippen LogP contribution in [-0.2, 0) is 8.85 Å². The molecule has 5 heteroatoms. The first-order valence-electron chi connectivity index (χ1n) is 8.92. The van der Waals surface area contributed by atoms with Crippen LogP contribution >= 0.6 is 22.6 Å². The molecule has 1 unspecified atom stereocenters. The summed E-state index contributed by atoms with van der Waals surface area (Å²) in [6, 6.07) is 0. The lowest BCUT2D eigenvalue weighted by atomic mass is 9.81. The Kier molecular flexibility index (Phi) is 7.60. The molecule has 1 radical (unpaired) electrons. The molecule has 0 amide bonds. The van der Waals surface area contributed by atoms with Gasteiger partial charge in [0.1, 0.15) is 6.10 Å². The number of hydrogen-bond donors (Lipinski definition) is 0. The van der Waals surface area contributed by atoms with Gasteiger partial charge in [-0.1, -0.05) is 41.5 Å². The standard InChI is InChI=1S/C19H36IO2Si2/c1-18(2,3)17(21-23(7)8)15-13-14(11-12-16(15)20)22-24(9,10)19(4,5)6/h11-12,17,23H,13H2,1-10H3. The van der Waals surface area contributed by atoms with E-state index in [2.05, 4.69) is 102 Å². The topological polar surface area (TPSA) is 18.5 Å². The molecule has 1 rings (SSSR count).